The highest BCUT2D eigenvalue weighted by Crippen LogP contribution is 2.42. The molecule has 2 aromatic carbocycles. The fourth-order valence-electron chi connectivity index (χ4n) is 2.95. The first-order valence-electron chi connectivity index (χ1n) is 10.1. The number of carbonyl (C=O) groups is 1. The Bertz CT molecular complexity index is 1170. The highest BCUT2D eigenvalue weighted by Gasteiger charge is 2.33. The summed E-state index contributed by atoms with van der Waals surface area (Å²) < 4.78 is 17.1. The minimum atomic E-state index is -0.630. The molecule has 0 unspecified atom stereocenters. The van der Waals surface area contributed by atoms with Crippen molar-refractivity contribution in [2.24, 2.45) is 4.99 Å². The molecule has 1 aliphatic heterocycles. The van der Waals surface area contributed by atoms with E-state index in [9.17, 15) is 9.90 Å². The van der Waals surface area contributed by atoms with E-state index in [1.54, 1.807) is 19.1 Å². The molecule has 0 aliphatic carbocycles. The number of rotatable bonds is 8. The van der Waals surface area contributed by atoms with Crippen molar-refractivity contribution in [2.45, 2.75) is 13.8 Å². The highest BCUT2D eigenvalue weighted by atomic mass is 79.9. The lowest BCUT2D eigenvalue weighted by Gasteiger charge is -2.13. The van der Waals surface area contributed by atoms with Crippen LogP contribution in [0.2, 0.25) is 0 Å². The normalized spacial score (nSPS) is 15.6. The van der Waals surface area contributed by atoms with Crippen molar-refractivity contribution in [3.63, 3.8) is 0 Å². The van der Waals surface area contributed by atoms with Crippen LogP contribution in [0.4, 0.5) is 5.69 Å². The summed E-state index contributed by atoms with van der Waals surface area (Å²) >= 11 is 4.68. The van der Waals surface area contributed by atoms with E-state index in [0.29, 0.717) is 38.2 Å². The standard InChI is InChI=1S/C25H22BrNO5S/c1-4-12-32-23-18(26)13-16(14-19(23)30-5-2)15-20-22(28)21(25(29)31-6-3)24(33-20)27-17-10-8-7-9-11-17/h1,7-11,13-15,28H,5-6,12H2,2-3H3/b20-15-,27-24?. The van der Waals surface area contributed by atoms with E-state index in [-0.39, 0.29) is 24.5 Å². The maximum Gasteiger partial charge on any atom is 0.344 e. The van der Waals surface area contributed by atoms with Crippen molar-refractivity contribution < 1.29 is 24.1 Å². The molecule has 1 N–H and O–H groups in total. The summed E-state index contributed by atoms with van der Waals surface area (Å²) in [5, 5.41) is 11.2. The smallest absolute Gasteiger partial charge is 0.344 e. The fraction of sp³-hybridized carbons (Fsp3) is 0.200. The van der Waals surface area contributed by atoms with Crippen molar-refractivity contribution in [3.8, 4) is 23.8 Å². The predicted molar refractivity (Wildman–Crippen MR) is 135 cm³/mol. The zero-order valence-corrected chi connectivity index (χ0v) is 20.5. The SMILES string of the molecule is C#CCOc1c(Br)cc(/C=C2\SC(=Nc3ccccc3)C(C(=O)OCC)=C2O)cc1OCC. The topological polar surface area (TPSA) is 77.4 Å². The van der Waals surface area contributed by atoms with Gasteiger partial charge >= 0.3 is 5.97 Å². The summed E-state index contributed by atoms with van der Waals surface area (Å²) in [6.45, 7) is 4.28. The van der Waals surface area contributed by atoms with Crippen molar-refractivity contribution in [2.75, 3.05) is 19.8 Å². The van der Waals surface area contributed by atoms with Gasteiger partial charge < -0.3 is 19.3 Å². The van der Waals surface area contributed by atoms with Crippen molar-refractivity contribution in [3.05, 3.63) is 68.7 Å². The second-order valence-corrected chi connectivity index (χ2v) is 8.45. The van der Waals surface area contributed by atoms with Crippen LogP contribution in [0.3, 0.4) is 0 Å². The maximum absolute atomic E-state index is 12.6. The van der Waals surface area contributed by atoms with Crippen LogP contribution >= 0.6 is 27.7 Å². The monoisotopic (exact) mass is 527 g/mol. The largest absolute Gasteiger partial charge is 0.506 e. The molecule has 0 aromatic heterocycles. The van der Waals surface area contributed by atoms with Gasteiger partial charge in [0.05, 0.1) is 28.3 Å². The number of aliphatic hydroxyl groups excluding tert-OH is 1. The summed E-state index contributed by atoms with van der Waals surface area (Å²) in [5.74, 6) is 2.62. The molecule has 1 aliphatic rings. The van der Waals surface area contributed by atoms with Crippen LogP contribution < -0.4 is 9.47 Å². The minimum absolute atomic E-state index is 0.0371. The number of ether oxygens (including phenoxy) is 3. The lowest BCUT2D eigenvalue weighted by Crippen LogP contribution is -2.12. The molecule has 33 heavy (non-hydrogen) atoms. The van der Waals surface area contributed by atoms with Crippen LogP contribution in [0.25, 0.3) is 6.08 Å². The highest BCUT2D eigenvalue weighted by molar-refractivity contribution is 9.10. The number of thioether (sulfide) groups is 1. The van der Waals surface area contributed by atoms with E-state index in [1.807, 2.05) is 43.3 Å². The number of hydrogen-bond donors (Lipinski definition) is 1. The number of nitrogens with zero attached hydrogens (tertiary/aromatic N) is 1. The van der Waals surface area contributed by atoms with Gasteiger partial charge in [0.25, 0.3) is 0 Å². The molecule has 0 atom stereocenters. The average Bonchev–Trinajstić information content (AvgIpc) is 3.09. The fourth-order valence-corrected chi connectivity index (χ4v) is 4.56. The molecular weight excluding hydrogens is 506 g/mol. The summed E-state index contributed by atoms with van der Waals surface area (Å²) in [6.07, 6.45) is 7.05. The van der Waals surface area contributed by atoms with E-state index in [0.717, 1.165) is 5.56 Å². The zero-order chi connectivity index (χ0) is 23.8. The number of halogens is 1. The van der Waals surface area contributed by atoms with Gasteiger partial charge in [0.2, 0.25) is 0 Å². The van der Waals surface area contributed by atoms with Crippen LogP contribution in [0.1, 0.15) is 19.4 Å². The Morgan fingerprint density at radius 3 is 2.64 bits per heavy atom. The number of esters is 1. The quantitative estimate of drug-likeness (QED) is 0.332. The van der Waals surface area contributed by atoms with Crippen molar-refractivity contribution >= 4 is 50.5 Å². The zero-order valence-electron chi connectivity index (χ0n) is 18.1. The Kier molecular flexibility index (Phi) is 8.64. The third kappa shape index (κ3) is 6.01. The molecule has 0 bridgehead atoms. The Balaban J connectivity index is 2.05. The van der Waals surface area contributed by atoms with Gasteiger partial charge in [-0.25, -0.2) is 9.79 Å². The number of terminal acetylenes is 1. The first-order valence-corrected chi connectivity index (χ1v) is 11.8. The Hall–Kier alpha value is -3.15. The molecule has 8 heteroatoms. The predicted octanol–water partition coefficient (Wildman–Crippen LogP) is 6.05. The third-order valence-corrected chi connectivity index (χ3v) is 5.90. The number of aliphatic hydroxyl groups is 1. The number of benzene rings is 2. The lowest BCUT2D eigenvalue weighted by atomic mass is 10.1. The molecule has 3 rings (SSSR count). The molecule has 1 heterocycles. The van der Waals surface area contributed by atoms with Crippen LogP contribution in [0, 0.1) is 12.3 Å². The summed E-state index contributed by atoms with van der Waals surface area (Å²) in [5.41, 5.74) is 1.42. The van der Waals surface area contributed by atoms with Crippen LogP contribution in [-0.2, 0) is 9.53 Å². The summed E-state index contributed by atoms with van der Waals surface area (Å²) in [4.78, 5) is 17.6. The first-order chi connectivity index (χ1) is 16.0. The molecule has 0 spiro atoms. The van der Waals surface area contributed by atoms with Gasteiger partial charge in [-0.2, -0.15) is 0 Å². The molecule has 0 amide bonds. The van der Waals surface area contributed by atoms with Gasteiger partial charge in [0, 0.05) is 0 Å². The van der Waals surface area contributed by atoms with Gasteiger partial charge in [-0.1, -0.05) is 35.9 Å². The summed E-state index contributed by atoms with van der Waals surface area (Å²) in [7, 11) is 0. The first kappa shape index (κ1) is 24.5. The van der Waals surface area contributed by atoms with Gasteiger partial charge in [-0.3, -0.25) is 0 Å². The molecule has 0 saturated carbocycles. The third-order valence-electron chi connectivity index (χ3n) is 4.29. The Labute approximate surface area is 205 Å². The Morgan fingerprint density at radius 1 is 1.21 bits per heavy atom. The lowest BCUT2D eigenvalue weighted by molar-refractivity contribution is -0.138. The van der Waals surface area contributed by atoms with E-state index in [1.165, 1.54) is 11.8 Å². The number of para-hydroxylation sites is 1. The molecule has 0 saturated heterocycles. The molecule has 0 radical (unpaired) electrons. The van der Waals surface area contributed by atoms with E-state index in [4.69, 9.17) is 20.6 Å². The van der Waals surface area contributed by atoms with Gasteiger partial charge in [-0.05, 0) is 65.7 Å². The number of aliphatic imine (C=N–C) groups is 1. The maximum atomic E-state index is 12.6. The van der Waals surface area contributed by atoms with E-state index < -0.39 is 5.97 Å². The van der Waals surface area contributed by atoms with Crippen molar-refractivity contribution in [1.82, 2.24) is 0 Å². The van der Waals surface area contributed by atoms with Crippen LogP contribution in [0.5, 0.6) is 11.5 Å². The molecular formula is C25H22BrNO5S. The van der Waals surface area contributed by atoms with Gasteiger partial charge in [0.1, 0.15) is 23.0 Å². The molecule has 2 aromatic rings. The number of carbonyl (C=O) groups excluding carboxylic acids is 1. The Morgan fingerprint density at radius 2 is 1.97 bits per heavy atom. The minimum Gasteiger partial charge on any atom is -0.506 e. The van der Waals surface area contributed by atoms with Gasteiger partial charge in [0.15, 0.2) is 11.5 Å². The molecule has 6 nitrogen and oxygen atoms in total. The second kappa shape index (κ2) is 11.6. The van der Waals surface area contributed by atoms with Crippen molar-refractivity contribution in [1.29, 1.82) is 0 Å². The number of hydrogen-bond acceptors (Lipinski definition) is 7. The van der Waals surface area contributed by atoms with Crippen LogP contribution in [0.15, 0.2) is 68.2 Å². The average molecular weight is 528 g/mol. The second-order valence-electron chi connectivity index (χ2n) is 6.56. The van der Waals surface area contributed by atoms with Gasteiger partial charge in [-0.15, -0.1) is 6.42 Å². The van der Waals surface area contributed by atoms with E-state index in [2.05, 4.69) is 26.8 Å². The van der Waals surface area contributed by atoms with Crippen LogP contribution in [-0.4, -0.2) is 35.9 Å². The molecule has 0 fully saturated rings. The molecule has 170 valence electrons. The van der Waals surface area contributed by atoms with E-state index >= 15 is 0 Å². The summed E-state index contributed by atoms with van der Waals surface area (Å²) in [6, 6.07) is 12.8.